The molecule has 0 amide bonds. The lowest BCUT2D eigenvalue weighted by Gasteiger charge is -2.32. The molecule has 14 heavy (non-hydrogen) atoms. The van der Waals surface area contributed by atoms with E-state index in [4.69, 9.17) is 11.1 Å². The third kappa shape index (κ3) is 2.30. The molecule has 0 N–H and O–H groups in total. The van der Waals surface area contributed by atoms with E-state index in [9.17, 15) is 0 Å². The molecule has 1 unspecified atom stereocenters. The molecule has 0 radical (unpaired) electrons. The van der Waals surface area contributed by atoms with Gasteiger partial charge in [-0.05, 0) is 12.1 Å². The van der Waals surface area contributed by atoms with Gasteiger partial charge in [0.05, 0.1) is 7.59 Å². The average Bonchev–Trinajstić information content (AvgIpc) is 2.03. The fourth-order valence-corrected chi connectivity index (χ4v) is 6.43. The van der Waals surface area contributed by atoms with Crippen molar-refractivity contribution in [3.05, 3.63) is 29.8 Å². The zero-order chi connectivity index (χ0) is 11.0. The highest BCUT2D eigenvalue weighted by molar-refractivity contribution is 7.63. The van der Waals surface area contributed by atoms with E-state index in [2.05, 4.69) is 57.4 Å². The molecule has 0 bridgehead atoms. The summed E-state index contributed by atoms with van der Waals surface area (Å²) in [4.78, 5) is 0. The second-order valence-corrected chi connectivity index (χ2v) is 22.9. The Morgan fingerprint density at radius 3 is 1.71 bits per heavy atom. The number of halogens is 1. The molecule has 0 saturated heterocycles. The van der Waals surface area contributed by atoms with Gasteiger partial charge < -0.3 is 0 Å². The number of hydrogen-bond acceptors (Lipinski definition) is 0. The van der Waals surface area contributed by atoms with Crippen LogP contribution in [0.1, 0.15) is 5.56 Å². The summed E-state index contributed by atoms with van der Waals surface area (Å²) in [6, 6.07) is 8.77. The largest absolute Gasteiger partial charge is 0.172 e. The Balaban J connectivity index is 3.10. The maximum Gasteiger partial charge on any atom is 0.172 e. The van der Waals surface area contributed by atoms with Crippen LogP contribution in [-0.4, -0.2) is 14.5 Å². The molecule has 1 rings (SSSR count). The van der Waals surface area contributed by atoms with Crippen LogP contribution in [0.3, 0.4) is 0 Å². The van der Waals surface area contributed by atoms with Crippen molar-refractivity contribution in [3.8, 4) is 0 Å². The Kier molecular flexibility index (Phi) is 3.29. The third-order valence-electron chi connectivity index (χ3n) is 3.00. The van der Waals surface area contributed by atoms with Gasteiger partial charge in [0.2, 0.25) is 0 Å². The Bertz CT molecular complexity index is 309. The van der Waals surface area contributed by atoms with E-state index in [1.807, 2.05) is 0 Å². The van der Waals surface area contributed by atoms with Crippen molar-refractivity contribution in [1.29, 1.82) is 0 Å². The van der Waals surface area contributed by atoms with Crippen LogP contribution >= 0.6 is 11.1 Å². The monoisotopic (exact) mass is 242 g/mol. The Labute approximate surface area is 93.8 Å². The van der Waals surface area contributed by atoms with Gasteiger partial charge in [-0.25, -0.2) is 0 Å². The summed E-state index contributed by atoms with van der Waals surface area (Å²) >= 11 is 6.79. The minimum absolute atomic E-state index is 1.24. The molecule has 1 atom stereocenters. The first-order chi connectivity index (χ1) is 6.25. The lowest BCUT2D eigenvalue weighted by Crippen LogP contribution is -2.59. The smallest absolute Gasteiger partial charge is 0.165 e. The molecule has 0 heterocycles. The van der Waals surface area contributed by atoms with Crippen molar-refractivity contribution >= 4 is 30.8 Å². The van der Waals surface area contributed by atoms with Gasteiger partial charge in [-0.1, -0.05) is 56.0 Å². The molecule has 78 valence electrons. The standard InChI is InChI=1S/C11H19ClSi2/c1-10-6-8-11(9-7-10)14(5,12)13(2,3)4/h6-9H,1-5H3. The van der Waals surface area contributed by atoms with Crippen molar-refractivity contribution in [2.24, 2.45) is 0 Å². The molecule has 0 saturated carbocycles. The first kappa shape index (κ1) is 12.0. The Morgan fingerprint density at radius 2 is 1.36 bits per heavy atom. The topological polar surface area (TPSA) is 0 Å². The van der Waals surface area contributed by atoms with E-state index in [1.54, 1.807) is 0 Å². The quantitative estimate of drug-likeness (QED) is 0.551. The highest BCUT2D eigenvalue weighted by atomic mass is 35.6. The number of rotatable bonds is 2. The molecular formula is C11H19ClSi2. The first-order valence-electron chi connectivity index (χ1n) is 5.01. The second kappa shape index (κ2) is 3.83. The van der Waals surface area contributed by atoms with Crippen molar-refractivity contribution in [2.45, 2.75) is 33.1 Å². The minimum Gasteiger partial charge on any atom is -0.165 e. The van der Waals surface area contributed by atoms with E-state index in [-0.39, 0.29) is 0 Å². The van der Waals surface area contributed by atoms with Crippen LogP contribution < -0.4 is 5.19 Å². The molecule has 3 heteroatoms. The fraction of sp³-hybridized carbons (Fsp3) is 0.455. The van der Waals surface area contributed by atoms with Crippen LogP contribution in [0, 0.1) is 6.92 Å². The van der Waals surface area contributed by atoms with Crippen LogP contribution in [0.15, 0.2) is 24.3 Å². The molecule has 1 aromatic carbocycles. The first-order valence-corrected chi connectivity index (χ1v) is 13.0. The Morgan fingerprint density at radius 1 is 0.929 bits per heavy atom. The molecule has 0 aromatic heterocycles. The van der Waals surface area contributed by atoms with Crippen LogP contribution in [0.25, 0.3) is 0 Å². The SMILES string of the molecule is Cc1ccc([Si](C)(Cl)[Si](C)(C)C)cc1. The predicted molar refractivity (Wildman–Crippen MR) is 71.6 cm³/mol. The summed E-state index contributed by atoms with van der Waals surface area (Å²) in [5.41, 5.74) is 1.31. The zero-order valence-electron chi connectivity index (χ0n) is 9.69. The van der Waals surface area contributed by atoms with Crippen molar-refractivity contribution < 1.29 is 0 Å². The normalized spacial score (nSPS) is 16.4. The van der Waals surface area contributed by atoms with Crippen molar-refractivity contribution in [2.75, 3.05) is 0 Å². The van der Waals surface area contributed by atoms with Gasteiger partial charge in [0.25, 0.3) is 0 Å². The van der Waals surface area contributed by atoms with Crippen molar-refractivity contribution in [1.82, 2.24) is 0 Å². The van der Waals surface area contributed by atoms with Gasteiger partial charge in [-0.3, -0.25) is 0 Å². The van der Waals surface area contributed by atoms with Gasteiger partial charge in [-0.2, -0.15) is 11.1 Å². The minimum atomic E-state index is -1.69. The molecule has 0 aliphatic heterocycles. The third-order valence-corrected chi connectivity index (χ3v) is 22.3. The van der Waals surface area contributed by atoms with E-state index >= 15 is 0 Å². The van der Waals surface area contributed by atoms with E-state index in [0.717, 1.165) is 0 Å². The van der Waals surface area contributed by atoms with Crippen LogP contribution in [0.4, 0.5) is 0 Å². The van der Waals surface area contributed by atoms with Crippen molar-refractivity contribution in [3.63, 3.8) is 0 Å². The molecule has 0 nitrogen and oxygen atoms in total. The predicted octanol–water partition coefficient (Wildman–Crippen LogP) is 3.43. The lowest BCUT2D eigenvalue weighted by molar-refractivity contribution is 1.49. The van der Waals surface area contributed by atoms with Crippen LogP contribution in [0.2, 0.25) is 26.2 Å². The van der Waals surface area contributed by atoms with E-state index in [1.165, 1.54) is 10.8 Å². The maximum absolute atomic E-state index is 6.79. The number of aryl methyl sites for hydroxylation is 1. The van der Waals surface area contributed by atoms with Gasteiger partial charge in [0.15, 0.2) is 6.90 Å². The maximum atomic E-state index is 6.79. The molecular weight excluding hydrogens is 224 g/mol. The molecule has 0 aliphatic carbocycles. The molecule has 0 spiro atoms. The van der Waals surface area contributed by atoms with Gasteiger partial charge in [0, 0.05) is 0 Å². The average molecular weight is 243 g/mol. The van der Waals surface area contributed by atoms with Gasteiger partial charge >= 0.3 is 0 Å². The highest BCUT2D eigenvalue weighted by Gasteiger charge is 2.41. The van der Waals surface area contributed by atoms with Gasteiger partial charge in [0.1, 0.15) is 0 Å². The highest BCUT2D eigenvalue weighted by Crippen LogP contribution is 2.22. The van der Waals surface area contributed by atoms with Crippen LogP contribution in [0.5, 0.6) is 0 Å². The molecule has 1 aromatic rings. The summed E-state index contributed by atoms with van der Waals surface area (Å²) in [5.74, 6) is 0. The summed E-state index contributed by atoms with van der Waals surface area (Å²) in [6.45, 7) is 9.81. The summed E-state index contributed by atoms with van der Waals surface area (Å²) < 4.78 is 0. The van der Waals surface area contributed by atoms with Gasteiger partial charge in [-0.15, -0.1) is 0 Å². The van der Waals surface area contributed by atoms with E-state index < -0.39 is 14.5 Å². The second-order valence-electron chi connectivity index (χ2n) is 5.12. The number of hydrogen-bond donors (Lipinski definition) is 0. The lowest BCUT2D eigenvalue weighted by atomic mass is 10.2. The molecule has 0 fully saturated rings. The summed E-state index contributed by atoms with van der Waals surface area (Å²) in [6.07, 6.45) is 0. The zero-order valence-corrected chi connectivity index (χ0v) is 12.4. The Hall–Kier alpha value is -0.0562. The van der Waals surface area contributed by atoms with Crippen LogP contribution in [-0.2, 0) is 0 Å². The molecule has 0 aliphatic rings. The fourth-order valence-electron chi connectivity index (χ4n) is 1.30. The number of benzene rings is 1. The summed E-state index contributed by atoms with van der Waals surface area (Å²) in [5, 5.41) is 1.39. The summed E-state index contributed by atoms with van der Waals surface area (Å²) in [7, 11) is -1.24. The van der Waals surface area contributed by atoms with E-state index in [0.29, 0.717) is 0 Å².